The van der Waals surface area contributed by atoms with Gasteiger partial charge in [-0.25, -0.2) is 0 Å². The van der Waals surface area contributed by atoms with Crippen LogP contribution in [-0.4, -0.2) is 24.7 Å². The van der Waals surface area contributed by atoms with Gasteiger partial charge in [0.2, 0.25) is 0 Å². The van der Waals surface area contributed by atoms with Crippen molar-refractivity contribution in [3.63, 3.8) is 0 Å². The van der Waals surface area contributed by atoms with Gasteiger partial charge in [0, 0.05) is 16.4 Å². The minimum atomic E-state index is -1.13. The zero-order valence-corrected chi connectivity index (χ0v) is 12.4. The number of hydrogen-bond donors (Lipinski definition) is 0. The molecule has 0 amide bonds. The van der Waals surface area contributed by atoms with E-state index in [1.54, 1.807) is 0 Å². The first kappa shape index (κ1) is 13.3. The minimum absolute atomic E-state index is 0.211. The van der Waals surface area contributed by atoms with Crippen LogP contribution in [0.25, 0.3) is 0 Å². The van der Waals surface area contributed by atoms with E-state index in [1.165, 1.54) is 10.5 Å². The van der Waals surface area contributed by atoms with Crippen LogP contribution in [0.3, 0.4) is 0 Å². The maximum Gasteiger partial charge on any atom is 0.0556 e. The number of hydrogen-bond acceptors (Lipinski definition) is 1. The maximum absolute atomic E-state index is 6.77. The van der Waals surface area contributed by atoms with Crippen LogP contribution in [0.4, 0.5) is 0 Å². The minimum Gasteiger partial charge on any atom is -0.380 e. The molecule has 2 rings (SSSR count). The highest BCUT2D eigenvalue weighted by Crippen LogP contribution is 2.61. The largest absolute Gasteiger partial charge is 0.380 e. The van der Waals surface area contributed by atoms with Gasteiger partial charge in [-0.2, -0.15) is 0 Å². The molecule has 17 heavy (non-hydrogen) atoms. The SMILES string of the molecule is CC(C)(C)c1ccc(S2(Cl)CCOCC2)cc1. The summed E-state index contributed by atoms with van der Waals surface area (Å²) in [5, 5.41) is 0. The van der Waals surface area contributed by atoms with E-state index in [9.17, 15) is 0 Å². The lowest BCUT2D eigenvalue weighted by atomic mass is 9.87. The molecule has 0 radical (unpaired) electrons. The highest BCUT2D eigenvalue weighted by molar-refractivity contribution is 8.51. The van der Waals surface area contributed by atoms with E-state index >= 15 is 0 Å². The second-order valence-corrected chi connectivity index (χ2v) is 10.2. The maximum atomic E-state index is 6.77. The summed E-state index contributed by atoms with van der Waals surface area (Å²) < 4.78 is 5.40. The summed E-state index contributed by atoms with van der Waals surface area (Å²) in [5.74, 6) is 1.98. The second-order valence-electron chi connectivity index (χ2n) is 5.58. The monoisotopic (exact) mass is 272 g/mol. The van der Waals surface area contributed by atoms with Gasteiger partial charge in [-0.3, -0.25) is 0 Å². The van der Waals surface area contributed by atoms with Crippen LogP contribution in [0.2, 0.25) is 0 Å². The van der Waals surface area contributed by atoms with E-state index in [0.717, 1.165) is 24.7 Å². The fourth-order valence-corrected chi connectivity index (χ4v) is 4.77. The summed E-state index contributed by atoms with van der Waals surface area (Å²) in [4.78, 5) is 1.32. The van der Waals surface area contributed by atoms with E-state index in [0.29, 0.717) is 0 Å². The van der Waals surface area contributed by atoms with E-state index in [4.69, 9.17) is 15.4 Å². The molecule has 0 N–H and O–H groups in total. The molecule has 0 aliphatic carbocycles. The lowest BCUT2D eigenvalue weighted by molar-refractivity contribution is 0.159. The smallest absolute Gasteiger partial charge is 0.0556 e. The van der Waals surface area contributed by atoms with Gasteiger partial charge < -0.3 is 4.74 Å². The van der Waals surface area contributed by atoms with Crippen molar-refractivity contribution in [1.82, 2.24) is 0 Å². The standard InChI is InChI=1S/C14H21ClOS/c1-14(2,3)12-4-6-13(7-5-12)17(15)10-8-16-9-11-17/h4-7H,8-11H2,1-3H3. The van der Waals surface area contributed by atoms with Crippen LogP contribution in [-0.2, 0) is 10.2 Å². The molecule has 0 atom stereocenters. The predicted molar refractivity (Wildman–Crippen MR) is 77.4 cm³/mol. The van der Waals surface area contributed by atoms with Crippen molar-refractivity contribution in [3.05, 3.63) is 29.8 Å². The molecular weight excluding hydrogens is 252 g/mol. The lowest BCUT2D eigenvalue weighted by Gasteiger charge is -2.37. The van der Waals surface area contributed by atoms with Crippen molar-refractivity contribution < 1.29 is 4.74 Å². The quantitative estimate of drug-likeness (QED) is 0.739. The van der Waals surface area contributed by atoms with Crippen molar-refractivity contribution in [2.24, 2.45) is 0 Å². The molecule has 96 valence electrons. The van der Waals surface area contributed by atoms with Gasteiger partial charge >= 0.3 is 0 Å². The Labute approximate surface area is 110 Å². The Hall–Kier alpha value is -0.180. The average molecular weight is 273 g/mol. The molecule has 3 heteroatoms. The topological polar surface area (TPSA) is 9.23 Å². The Morgan fingerprint density at radius 2 is 1.59 bits per heavy atom. The van der Waals surface area contributed by atoms with E-state index in [1.807, 2.05) is 0 Å². The molecule has 1 aromatic carbocycles. The van der Waals surface area contributed by atoms with Gasteiger partial charge in [0.05, 0.1) is 13.2 Å². The summed E-state index contributed by atoms with van der Waals surface area (Å²) in [5.41, 5.74) is 1.58. The van der Waals surface area contributed by atoms with Crippen molar-refractivity contribution in [2.75, 3.05) is 24.7 Å². The highest BCUT2D eigenvalue weighted by atomic mass is 35.7. The summed E-state index contributed by atoms with van der Waals surface area (Å²) in [6.07, 6.45) is 0. The van der Waals surface area contributed by atoms with E-state index in [2.05, 4.69) is 45.0 Å². The fraction of sp³-hybridized carbons (Fsp3) is 0.571. The van der Waals surface area contributed by atoms with Gasteiger partial charge in [0.15, 0.2) is 0 Å². The Balaban J connectivity index is 2.23. The lowest BCUT2D eigenvalue weighted by Crippen LogP contribution is -2.20. The third-order valence-electron chi connectivity index (χ3n) is 3.25. The molecule has 1 nitrogen and oxygen atoms in total. The molecule has 1 aromatic rings. The predicted octanol–water partition coefficient (Wildman–Crippen LogP) is 4.33. The highest BCUT2D eigenvalue weighted by Gasteiger charge is 2.27. The number of halogens is 1. The first-order valence-electron chi connectivity index (χ1n) is 6.08. The van der Waals surface area contributed by atoms with Crippen LogP contribution >= 0.6 is 19.9 Å². The molecule has 0 spiro atoms. The molecule has 1 aliphatic heterocycles. The van der Waals surface area contributed by atoms with Crippen LogP contribution in [0, 0.1) is 0 Å². The number of rotatable bonds is 1. The summed E-state index contributed by atoms with van der Waals surface area (Å²) >= 11 is 0. The average Bonchev–Trinajstić information content (AvgIpc) is 2.29. The Bertz CT molecular complexity index is 374. The molecule has 0 aromatic heterocycles. The van der Waals surface area contributed by atoms with E-state index in [-0.39, 0.29) is 5.41 Å². The van der Waals surface area contributed by atoms with Gasteiger partial charge in [-0.1, -0.05) is 43.6 Å². The zero-order chi connectivity index (χ0) is 12.5. The fourth-order valence-electron chi connectivity index (χ4n) is 2.02. The van der Waals surface area contributed by atoms with Gasteiger partial charge in [-0.15, -0.1) is 9.24 Å². The Morgan fingerprint density at radius 3 is 2.06 bits per heavy atom. The van der Waals surface area contributed by atoms with Gasteiger partial charge in [0.1, 0.15) is 0 Å². The molecule has 1 fully saturated rings. The number of benzene rings is 1. The van der Waals surface area contributed by atoms with Crippen molar-refractivity contribution in [1.29, 1.82) is 0 Å². The molecule has 0 bridgehead atoms. The van der Waals surface area contributed by atoms with Crippen LogP contribution < -0.4 is 0 Å². The second kappa shape index (κ2) is 4.83. The molecular formula is C14H21ClOS. The first-order valence-corrected chi connectivity index (χ1v) is 8.88. The van der Waals surface area contributed by atoms with Gasteiger partial charge in [0.25, 0.3) is 0 Å². The Morgan fingerprint density at radius 1 is 1.06 bits per heavy atom. The summed E-state index contributed by atoms with van der Waals surface area (Å²) in [6, 6.07) is 8.88. The van der Waals surface area contributed by atoms with Crippen LogP contribution in [0.15, 0.2) is 29.2 Å². The van der Waals surface area contributed by atoms with Crippen molar-refractivity contribution >= 4 is 19.9 Å². The normalized spacial score (nSPS) is 22.1. The molecule has 0 unspecified atom stereocenters. The third kappa shape index (κ3) is 2.98. The zero-order valence-electron chi connectivity index (χ0n) is 10.8. The Kier molecular flexibility index (Phi) is 3.77. The van der Waals surface area contributed by atoms with E-state index < -0.39 is 9.24 Å². The summed E-state index contributed by atoms with van der Waals surface area (Å²) in [7, 11) is 5.64. The molecule has 0 saturated carbocycles. The van der Waals surface area contributed by atoms with Crippen molar-refractivity contribution in [2.45, 2.75) is 31.1 Å². The molecule has 1 saturated heterocycles. The van der Waals surface area contributed by atoms with Crippen molar-refractivity contribution in [3.8, 4) is 0 Å². The first-order chi connectivity index (χ1) is 7.92. The van der Waals surface area contributed by atoms with Gasteiger partial charge in [-0.05, 0) is 23.1 Å². The molecule has 1 heterocycles. The van der Waals surface area contributed by atoms with Crippen LogP contribution in [0.5, 0.6) is 0 Å². The van der Waals surface area contributed by atoms with Crippen LogP contribution in [0.1, 0.15) is 26.3 Å². The number of ether oxygens (including phenoxy) is 1. The third-order valence-corrected chi connectivity index (χ3v) is 7.45. The summed E-state index contributed by atoms with van der Waals surface area (Å²) in [6.45, 7) is 8.32. The molecule has 1 aliphatic rings.